The third-order valence-corrected chi connectivity index (χ3v) is 5.17. The predicted molar refractivity (Wildman–Crippen MR) is 84.8 cm³/mol. The Balaban J connectivity index is 1.55. The van der Waals surface area contributed by atoms with Crippen molar-refractivity contribution >= 4 is 12.0 Å². The van der Waals surface area contributed by atoms with E-state index in [9.17, 15) is 9.59 Å². The van der Waals surface area contributed by atoms with Crippen molar-refractivity contribution in [1.82, 2.24) is 15.5 Å². The predicted octanol–water partition coefficient (Wildman–Crippen LogP) is 1.81. The summed E-state index contributed by atoms with van der Waals surface area (Å²) in [5.74, 6) is -0.898. The van der Waals surface area contributed by atoms with Crippen LogP contribution in [-0.4, -0.2) is 54.7 Å². The van der Waals surface area contributed by atoms with Crippen LogP contribution in [0.1, 0.15) is 51.4 Å². The minimum atomic E-state index is -0.898. The first kappa shape index (κ1) is 17.1. The van der Waals surface area contributed by atoms with E-state index < -0.39 is 5.97 Å². The number of piperidine rings is 1. The second-order valence-electron chi connectivity index (χ2n) is 6.73. The molecule has 0 aromatic carbocycles. The lowest BCUT2D eigenvalue weighted by atomic mass is 9.68. The monoisotopic (exact) mass is 311 g/mol. The first-order valence-corrected chi connectivity index (χ1v) is 8.56. The molecule has 1 heterocycles. The second kappa shape index (κ2) is 8.36. The van der Waals surface area contributed by atoms with Gasteiger partial charge >= 0.3 is 12.0 Å². The molecular formula is C16H29N3O3. The number of nitrogens with one attached hydrogen (secondary N) is 2. The largest absolute Gasteiger partial charge is 0.481 e. The zero-order valence-electron chi connectivity index (χ0n) is 13.4. The third kappa shape index (κ3) is 5.48. The second-order valence-corrected chi connectivity index (χ2v) is 6.73. The number of carbonyl (C=O) groups is 2. The molecule has 22 heavy (non-hydrogen) atoms. The lowest BCUT2D eigenvalue weighted by Gasteiger charge is -2.44. The molecule has 0 radical (unpaired) electrons. The van der Waals surface area contributed by atoms with Crippen molar-refractivity contribution in [3.63, 3.8) is 0 Å². The van der Waals surface area contributed by atoms with Gasteiger partial charge in [-0.25, -0.2) is 4.79 Å². The Kier molecular flexibility index (Phi) is 6.49. The molecule has 1 aliphatic heterocycles. The fourth-order valence-electron chi connectivity index (χ4n) is 3.73. The summed E-state index contributed by atoms with van der Waals surface area (Å²) in [6.07, 6.45) is 9.59. The molecule has 2 aliphatic rings. The Hall–Kier alpha value is -1.30. The maximum absolute atomic E-state index is 11.5. The van der Waals surface area contributed by atoms with E-state index in [1.54, 1.807) is 0 Å². The Labute approximate surface area is 132 Å². The molecule has 2 rings (SSSR count). The smallest absolute Gasteiger partial charge is 0.314 e. The van der Waals surface area contributed by atoms with E-state index in [1.165, 1.54) is 44.9 Å². The van der Waals surface area contributed by atoms with Crippen LogP contribution >= 0.6 is 0 Å². The summed E-state index contributed by atoms with van der Waals surface area (Å²) in [5.41, 5.74) is 0.621. The summed E-state index contributed by atoms with van der Waals surface area (Å²) in [5, 5.41) is 13.8. The summed E-state index contributed by atoms with van der Waals surface area (Å²) in [6.45, 7) is 3.95. The van der Waals surface area contributed by atoms with Crippen LogP contribution in [0.15, 0.2) is 0 Å². The van der Waals surface area contributed by atoms with Gasteiger partial charge in [-0.05, 0) is 44.2 Å². The molecule has 0 bridgehead atoms. The van der Waals surface area contributed by atoms with Crippen molar-refractivity contribution in [2.45, 2.75) is 51.4 Å². The van der Waals surface area contributed by atoms with Crippen molar-refractivity contribution in [3.8, 4) is 0 Å². The highest BCUT2D eigenvalue weighted by Crippen LogP contribution is 2.44. The van der Waals surface area contributed by atoms with Gasteiger partial charge in [0.1, 0.15) is 0 Å². The average Bonchev–Trinajstić information content (AvgIpc) is 2.50. The molecule has 0 aromatic rings. The van der Waals surface area contributed by atoms with Crippen LogP contribution in [0.2, 0.25) is 0 Å². The topological polar surface area (TPSA) is 81.7 Å². The number of aliphatic carboxylic acids is 1. The highest BCUT2D eigenvalue weighted by molar-refractivity contribution is 5.74. The van der Waals surface area contributed by atoms with Gasteiger partial charge < -0.3 is 20.6 Å². The van der Waals surface area contributed by atoms with Crippen molar-refractivity contribution in [2.75, 3.05) is 32.7 Å². The highest BCUT2D eigenvalue weighted by Gasteiger charge is 2.35. The standard InChI is InChI=1S/C16H29N3O3/c20-14(21)4-9-17-15(22)18-10-13-19-11-7-16(8-12-19)5-2-1-3-6-16/h1-13H2,(H,20,21)(H2,17,18,22). The number of hydrogen-bond donors (Lipinski definition) is 3. The SMILES string of the molecule is O=C(O)CCNC(=O)NCCN1CCC2(CCCCC2)CC1. The van der Waals surface area contributed by atoms with Gasteiger partial charge in [0.15, 0.2) is 0 Å². The van der Waals surface area contributed by atoms with E-state index in [0.717, 1.165) is 19.6 Å². The molecular weight excluding hydrogens is 282 g/mol. The van der Waals surface area contributed by atoms with Crippen LogP contribution in [0, 0.1) is 5.41 Å². The zero-order chi connectivity index (χ0) is 15.8. The van der Waals surface area contributed by atoms with Gasteiger partial charge in [0.25, 0.3) is 0 Å². The lowest BCUT2D eigenvalue weighted by molar-refractivity contribution is -0.136. The lowest BCUT2D eigenvalue weighted by Crippen LogP contribution is -2.45. The Bertz CT molecular complexity index is 371. The molecule has 1 spiro atoms. The molecule has 6 heteroatoms. The van der Waals surface area contributed by atoms with Crippen LogP contribution in [0.25, 0.3) is 0 Å². The van der Waals surface area contributed by atoms with Crippen LogP contribution in [-0.2, 0) is 4.79 Å². The van der Waals surface area contributed by atoms with Crippen molar-refractivity contribution in [3.05, 3.63) is 0 Å². The fourth-order valence-corrected chi connectivity index (χ4v) is 3.73. The fraction of sp³-hybridized carbons (Fsp3) is 0.875. The van der Waals surface area contributed by atoms with E-state index in [-0.39, 0.29) is 19.0 Å². The van der Waals surface area contributed by atoms with Crippen LogP contribution in [0.5, 0.6) is 0 Å². The number of carboxylic acid groups (broad SMARTS) is 1. The number of hydrogen-bond acceptors (Lipinski definition) is 3. The number of nitrogens with zero attached hydrogens (tertiary/aromatic N) is 1. The van der Waals surface area contributed by atoms with Crippen LogP contribution < -0.4 is 10.6 Å². The number of likely N-dealkylation sites (tertiary alicyclic amines) is 1. The van der Waals surface area contributed by atoms with Crippen molar-refractivity contribution < 1.29 is 14.7 Å². The quantitative estimate of drug-likeness (QED) is 0.699. The molecule has 1 saturated carbocycles. The molecule has 1 saturated heterocycles. The minimum absolute atomic E-state index is 0.0401. The molecule has 2 fully saturated rings. The van der Waals surface area contributed by atoms with Gasteiger partial charge in [0, 0.05) is 19.6 Å². The van der Waals surface area contributed by atoms with E-state index >= 15 is 0 Å². The van der Waals surface area contributed by atoms with Gasteiger partial charge in [-0.1, -0.05) is 19.3 Å². The van der Waals surface area contributed by atoms with Gasteiger partial charge in [-0.2, -0.15) is 0 Å². The third-order valence-electron chi connectivity index (χ3n) is 5.17. The number of carbonyl (C=O) groups excluding carboxylic acids is 1. The minimum Gasteiger partial charge on any atom is -0.481 e. The summed E-state index contributed by atoms with van der Waals surface area (Å²) in [4.78, 5) is 24.3. The summed E-state index contributed by atoms with van der Waals surface area (Å²) in [7, 11) is 0. The molecule has 0 atom stereocenters. The number of amides is 2. The van der Waals surface area contributed by atoms with Gasteiger partial charge in [0.05, 0.1) is 6.42 Å². The summed E-state index contributed by atoms with van der Waals surface area (Å²) >= 11 is 0. The molecule has 0 unspecified atom stereocenters. The first-order valence-electron chi connectivity index (χ1n) is 8.56. The average molecular weight is 311 g/mol. The number of carboxylic acids is 1. The molecule has 1 aliphatic carbocycles. The number of urea groups is 1. The summed E-state index contributed by atoms with van der Waals surface area (Å²) in [6, 6.07) is -0.276. The highest BCUT2D eigenvalue weighted by atomic mass is 16.4. The molecule has 3 N–H and O–H groups in total. The van der Waals surface area contributed by atoms with E-state index in [2.05, 4.69) is 15.5 Å². The Morgan fingerprint density at radius 2 is 1.59 bits per heavy atom. The van der Waals surface area contributed by atoms with Gasteiger partial charge in [0.2, 0.25) is 0 Å². The molecule has 6 nitrogen and oxygen atoms in total. The Morgan fingerprint density at radius 3 is 2.23 bits per heavy atom. The van der Waals surface area contributed by atoms with Gasteiger partial charge in [-0.15, -0.1) is 0 Å². The van der Waals surface area contributed by atoms with Crippen LogP contribution in [0.3, 0.4) is 0 Å². The van der Waals surface area contributed by atoms with Crippen molar-refractivity contribution in [1.29, 1.82) is 0 Å². The van der Waals surface area contributed by atoms with Gasteiger partial charge in [-0.3, -0.25) is 4.79 Å². The zero-order valence-corrected chi connectivity index (χ0v) is 13.4. The van der Waals surface area contributed by atoms with E-state index in [1.807, 2.05) is 0 Å². The molecule has 0 aromatic heterocycles. The van der Waals surface area contributed by atoms with E-state index in [0.29, 0.717) is 12.0 Å². The normalized spacial score (nSPS) is 21.5. The van der Waals surface area contributed by atoms with Crippen LogP contribution in [0.4, 0.5) is 4.79 Å². The summed E-state index contributed by atoms with van der Waals surface area (Å²) < 4.78 is 0. The first-order chi connectivity index (χ1) is 10.6. The van der Waals surface area contributed by atoms with Crippen molar-refractivity contribution in [2.24, 2.45) is 5.41 Å². The Morgan fingerprint density at radius 1 is 0.955 bits per heavy atom. The molecule has 2 amide bonds. The van der Waals surface area contributed by atoms with E-state index in [4.69, 9.17) is 5.11 Å². The maximum Gasteiger partial charge on any atom is 0.314 e. The molecule has 126 valence electrons. The maximum atomic E-state index is 11.5. The number of rotatable bonds is 6.